The SMILES string of the molecule is [B]C1C(C)C(COP(=O)([O-])OP(=O)([O-])OP(=O)([O-])O)OC1n1cc(CCN[C-]=O)c(=O)[nH]c1=O.[CH2-]C(=O)CCC(=O)C(CCC(N)=O)CC(C)=O.[HH].[Y]. The van der Waals surface area contributed by atoms with Crippen molar-refractivity contribution in [1.29, 1.82) is 0 Å². The Morgan fingerprint density at radius 3 is 2.31 bits per heavy atom. The summed E-state index contributed by atoms with van der Waals surface area (Å²) in [5.74, 6) is -3.25. The van der Waals surface area contributed by atoms with Crippen molar-refractivity contribution in [3.63, 3.8) is 0 Å². The first-order valence-electron chi connectivity index (χ1n) is 14.6. The smallest absolute Gasteiger partial charge is 0.330 e. The van der Waals surface area contributed by atoms with Crippen LogP contribution in [0.1, 0.15) is 59.2 Å². The Morgan fingerprint density at radius 1 is 1.17 bits per heavy atom. The molecule has 0 bridgehead atoms. The molecule has 1 aromatic heterocycles. The van der Waals surface area contributed by atoms with Crippen molar-refractivity contribution in [1.82, 2.24) is 14.9 Å². The fraction of sp³-hybridized carbons (Fsp3) is 0.600. The number of carbonyl (C=O) groups is 4. The Balaban J connectivity index is 0. The second kappa shape index (κ2) is 22.4. The monoisotopic (exact) mass is 874 g/mol. The summed E-state index contributed by atoms with van der Waals surface area (Å²) in [5.41, 5.74) is 3.47. The molecule has 291 valence electrons. The molecule has 1 aliphatic heterocycles. The molecule has 5 N–H and O–H groups in total. The molecule has 1 saturated heterocycles. The van der Waals surface area contributed by atoms with Gasteiger partial charge in [0.25, 0.3) is 29.0 Å². The van der Waals surface area contributed by atoms with Gasteiger partial charge in [-0.2, -0.15) is 6.41 Å². The van der Waals surface area contributed by atoms with Gasteiger partial charge >= 0.3 is 5.69 Å². The number of nitrogens with two attached hydrogens (primary N) is 1. The second-order valence-corrected chi connectivity index (χ2v) is 15.3. The van der Waals surface area contributed by atoms with Gasteiger partial charge in [-0.3, -0.25) is 37.6 Å². The zero-order valence-electron chi connectivity index (χ0n) is 27.7. The van der Waals surface area contributed by atoms with Crippen LogP contribution >= 0.6 is 23.5 Å². The van der Waals surface area contributed by atoms with Gasteiger partial charge in [-0.25, -0.2) is 13.4 Å². The molecule has 0 aromatic carbocycles. The first-order valence-corrected chi connectivity index (χ1v) is 19.0. The van der Waals surface area contributed by atoms with Gasteiger partial charge in [-0.1, -0.05) is 6.92 Å². The summed E-state index contributed by atoms with van der Waals surface area (Å²) in [6.07, 6.45) is 0.826. The fourth-order valence-corrected chi connectivity index (χ4v) is 7.34. The molecule has 0 spiro atoms. The number of phosphoric ester groups is 1. The number of aromatic amines is 1. The van der Waals surface area contributed by atoms with Gasteiger partial charge in [0, 0.05) is 71.1 Å². The van der Waals surface area contributed by atoms with Crippen molar-refractivity contribution in [2.24, 2.45) is 17.6 Å². The molecular formula is C25H37BN4O18P3Y-5. The topological polar surface area (TPSA) is 356 Å². The van der Waals surface area contributed by atoms with Crippen LogP contribution in [0.15, 0.2) is 15.8 Å². The zero-order valence-corrected chi connectivity index (χ0v) is 33.3. The predicted octanol–water partition coefficient (Wildman–Crippen LogP) is -2.48. The molecule has 22 nitrogen and oxygen atoms in total. The molecule has 1 aromatic rings. The summed E-state index contributed by atoms with van der Waals surface area (Å²) in [7, 11) is -11.6. The van der Waals surface area contributed by atoms with Crippen LogP contribution in [0.3, 0.4) is 0 Å². The van der Waals surface area contributed by atoms with E-state index in [9.17, 15) is 61.9 Å². The number of carbonyl (C=O) groups excluding carboxylic acids is 5. The minimum absolute atomic E-state index is 0. The molecule has 1 fully saturated rings. The van der Waals surface area contributed by atoms with Crippen molar-refractivity contribution in [3.05, 3.63) is 39.5 Å². The average molecular weight is 874 g/mol. The number of ether oxygens (including phenoxy) is 1. The molecule has 2 amide bonds. The molecular weight excluding hydrogens is 837 g/mol. The van der Waals surface area contributed by atoms with Crippen LogP contribution in [0, 0.1) is 18.8 Å². The maximum absolute atomic E-state index is 12.3. The number of Topliss-reactive ketones (excluding diaryl/α,β-unsaturated/α-hetero) is 3. The largest absolute Gasteiger partial charge is 0.756 e. The quantitative estimate of drug-likeness (QED) is 0.0326. The average Bonchev–Trinajstić information content (AvgIpc) is 3.25. The van der Waals surface area contributed by atoms with E-state index in [0.717, 1.165) is 10.8 Å². The van der Waals surface area contributed by atoms with Gasteiger partial charge in [0.2, 0.25) is 5.91 Å². The minimum atomic E-state index is -6.06. The van der Waals surface area contributed by atoms with E-state index in [1.165, 1.54) is 20.3 Å². The predicted molar refractivity (Wildman–Crippen MR) is 168 cm³/mol. The van der Waals surface area contributed by atoms with Crippen molar-refractivity contribution in [2.75, 3.05) is 13.2 Å². The number of hydrogen-bond donors (Lipinski definition) is 4. The molecule has 0 aliphatic carbocycles. The number of rotatable bonds is 21. The summed E-state index contributed by atoms with van der Waals surface area (Å²) in [6.45, 7) is 5.23. The van der Waals surface area contributed by atoms with E-state index in [0.29, 0.717) is 0 Å². The molecule has 2 heterocycles. The Kier molecular flexibility index (Phi) is 21.6. The third-order valence-corrected chi connectivity index (χ3v) is 10.6. The zero-order chi connectivity index (χ0) is 39.3. The van der Waals surface area contributed by atoms with Gasteiger partial charge in [0.1, 0.15) is 17.8 Å². The van der Waals surface area contributed by atoms with Gasteiger partial charge in [0.15, 0.2) is 0 Å². The molecule has 8 atom stereocenters. The Labute approximate surface area is 324 Å². The van der Waals surface area contributed by atoms with Gasteiger partial charge in [0.05, 0.1) is 20.6 Å². The van der Waals surface area contributed by atoms with Gasteiger partial charge in [-0.05, 0) is 50.2 Å². The van der Waals surface area contributed by atoms with Crippen LogP contribution in [0.25, 0.3) is 0 Å². The van der Waals surface area contributed by atoms with Crippen molar-refractivity contribution >= 4 is 61.0 Å². The van der Waals surface area contributed by atoms with Crippen LogP contribution in [0.5, 0.6) is 0 Å². The summed E-state index contributed by atoms with van der Waals surface area (Å²) < 4.78 is 51.0. The van der Waals surface area contributed by atoms with E-state index < -0.39 is 77.2 Å². The van der Waals surface area contributed by atoms with Crippen LogP contribution in [-0.2, 0) is 94.7 Å². The Morgan fingerprint density at radius 2 is 1.79 bits per heavy atom. The number of H-pyrrole nitrogens is 1. The summed E-state index contributed by atoms with van der Waals surface area (Å²) in [6, 6.07) is 0. The van der Waals surface area contributed by atoms with E-state index in [1.807, 2.05) is 0 Å². The molecule has 52 heavy (non-hydrogen) atoms. The van der Waals surface area contributed by atoms with Crippen molar-refractivity contribution in [2.45, 2.75) is 70.5 Å². The van der Waals surface area contributed by atoms with Gasteiger partial charge < -0.3 is 61.2 Å². The maximum atomic E-state index is 12.3. The van der Waals surface area contributed by atoms with E-state index in [-0.39, 0.29) is 102 Å². The maximum Gasteiger partial charge on any atom is 0.330 e. The fourth-order valence-electron chi connectivity index (χ4n) is 4.44. The van der Waals surface area contributed by atoms with E-state index in [2.05, 4.69) is 30.4 Å². The number of primary amides is 1. The number of nitrogens with zero attached hydrogens (tertiary/aromatic N) is 1. The van der Waals surface area contributed by atoms with Gasteiger partial charge in [-0.15, -0.1) is 0 Å². The van der Waals surface area contributed by atoms with Crippen LogP contribution < -0.4 is 37.0 Å². The first-order chi connectivity index (χ1) is 23.4. The summed E-state index contributed by atoms with van der Waals surface area (Å²) in [5, 5.41) is 2.23. The minimum Gasteiger partial charge on any atom is -0.756 e. The Bertz CT molecular complexity index is 1690. The first kappa shape index (κ1) is 50.0. The normalized spacial score (nSPS) is 22.1. The number of phosphoric acid groups is 3. The molecule has 2 rings (SSSR count). The number of ketones is 3. The third-order valence-electron chi connectivity index (χ3n) is 6.92. The third kappa shape index (κ3) is 18.9. The number of hydrogen-bond acceptors (Lipinski definition) is 17. The summed E-state index contributed by atoms with van der Waals surface area (Å²) >= 11 is 0. The molecule has 3 radical (unpaired) electrons. The van der Waals surface area contributed by atoms with Crippen LogP contribution in [-0.4, -0.2) is 71.2 Å². The molecule has 1 aliphatic rings. The van der Waals surface area contributed by atoms with E-state index in [4.69, 9.17) is 23.2 Å². The number of nitrogens with one attached hydrogen (secondary N) is 2. The summed E-state index contributed by atoms with van der Waals surface area (Å²) in [4.78, 5) is 122. The number of aromatic nitrogens is 2. The standard InChI is InChI=1S/C13H20BN3O14P3.C12H18NO4.Y.H2/c1-7-9(5-28-33(24,25)31-34(26,27)30-32(21,22)23)29-12(10(7)14)17-4-8(2-3-15-6-18)11(19)16-13(17)20;1-8(14)3-5-11(16)10(7-9(2)15)4-6-12(13)17;;/h4,7,9-10,12H,2-3,5H2,1H3,(H,15,18)(H,24,25)(H,26,27)(H,16,19,20)(H2,21,22,23);10H,1,3-7H2,2H3,(H2,13,17);;1H/q2*-1;;/p-3. The van der Waals surface area contributed by atoms with E-state index in [1.54, 1.807) is 0 Å². The molecule has 27 heteroatoms. The van der Waals surface area contributed by atoms with E-state index >= 15 is 0 Å². The number of amides is 2. The van der Waals surface area contributed by atoms with Crippen molar-refractivity contribution < 1.29 is 109 Å². The Hall–Kier alpha value is -1.96. The molecule has 8 unspecified atom stereocenters. The molecule has 0 saturated carbocycles. The van der Waals surface area contributed by atoms with Crippen LogP contribution in [0.4, 0.5) is 0 Å². The van der Waals surface area contributed by atoms with Crippen LogP contribution in [0.2, 0.25) is 5.82 Å². The second-order valence-electron chi connectivity index (χ2n) is 11.0. The van der Waals surface area contributed by atoms with Crippen molar-refractivity contribution in [3.8, 4) is 0 Å².